The minimum atomic E-state index is -0.532. The van der Waals surface area contributed by atoms with Gasteiger partial charge in [-0.3, -0.25) is 4.79 Å². The average molecular weight is 341 g/mol. The maximum atomic E-state index is 12.2. The van der Waals surface area contributed by atoms with Gasteiger partial charge < -0.3 is 5.11 Å². The predicted octanol–water partition coefficient (Wildman–Crippen LogP) is 7.60. The summed E-state index contributed by atoms with van der Waals surface area (Å²) in [6.07, 6.45) is 17.4. The fourth-order valence-corrected chi connectivity index (χ4v) is 4.31. The van der Waals surface area contributed by atoms with Crippen LogP contribution >= 0.6 is 0 Å². The molecule has 0 spiro atoms. The highest BCUT2D eigenvalue weighted by Gasteiger charge is 2.43. The lowest BCUT2D eigenvalue weighted by Gasteiger charge is -2.37. The summed E-state index contributed by atoms with van der Waals surface area (Å²) in [6, 6.07) is 0. The second-order valence-corrected chi connectivity index (χ2v) is 7.71. The monoisotopic (exact) mass is 340 g/mol. The van der Waals surface area contributed by atoms with Gasteiger partial charge in [0.1, 0.15) is 0 Å². The van der Waals surface area contributed by atoms with Gasteiger partial charge in [-0.2, -0.15) is 0 Å². The second kappa shape index (κ2) is 14.8. The Morgan fingerprint density at radius 3 is 1.62 bits per heavy atom. The van der Waals surface area contributed by atoms with Crippen LogP contribution in [0.4, 0.5) is 0 Å². The average Bonchev–Trinajstić information content (AvgIpc) is 2.56. The third kappa shape index (κ3) is 8.53. The van der Waals surface area contributed by atoms with Gasteiger partial charge in [-0.05, 0) is 31.6 Å². The molecule has 0 aliphatic carbocycles. The standard InChI is InChI=1S/C22H44O2/c1-5-9-11-12-13-14-15-17-20(16-10-6-2)22(18-7-3,19-8-4)21(23)24/h20H,5-19H2,1-4H3,(H,23,24). The highest BCUT2D eigenvalue weighted by Crippen LogP contribution is 2.43. The number of carbonyl (C=O) groups is 1. The third-order valence-electron chi connectivity index (χ3n) is 5.66. The SMILES string of the molecule is CCCCCCCCCC(CCCC)C(CCC)(CCC)C(=O)O. The maximum Gasteiger partial charge on any atom is 0.309 e. The molecule has 0 aliphatic heterocycles. The molecule has 0 aromatic heterocycles. The predicted molar refractivity (Wildman–Crippen MR) is 106 cm³/mol. The van der Waals surface area contributed by atoms with Gasteiger partial charge in [0, 0.05) is 0 Å². The number of carboxylic acids is 1. The molecule has 144 valence electrons. The molecule has 0 aromatic carbocycles. The Hall–Kier alpha value is -0.530. The molecule has 1 N–H and O–H groups in total. The van der Waals surface area contributed by atoms with Gasteiger partial charge in [-0.25, -0.2) is 0 Å². The molecule has 0 amide bonds. The Labute approximate surface area is 151 Å². The van der Waals surface area contributed by atoms with Crippen LogP contribution in [-0.2, 0) is 4.79 Å². The smallest absolute Gasteiger partial charge is 0.309 e. The van der Waals surface area contributed by atoms with Gasteiger partial charge in [0.2, 0.25) is 0 Å². The van der Waals surface area contributed by atoms with Crippen molar-refractivity contribution in [2.45, 2.75) is 124 Å². The lowest BCUT2D eigenvalue weighted by molar-refractivity contribution is -0.154. The zero-order chi connectivity index (χ0) is 18.3. The van der Waals surface area contributed by atoms with Crippen LogP contribution in [0.5, 0.6) is 0 Å². The van der Waals surface area contributed by atoms with Crippen LogP contribution in [0.15, 0.2) is 0 Å². The van der Waals surface area contributed by atoms with Crippen molar-refractivity contribution in [1.82, 2.24) is 0 Å². The zero-order valence-corrected chi connectivity index (χ0v) is 17.0. The lowest BCUT2D eigenvalue weighted by Crippen LogP contribution is -2.39. The van der Waals surface area contributed by atoms with E-state index in [1.807, 2.05) is 0 Å². The van der Waals surface area contributed by atoms with Crippen LogP contribution in [-0.4, -0.2) is 11.1 Å². The molecule has 0 rings (SSSR count). The van der Waals surface area contributed by atoms with Gasteiger partial charge in [0.25, 0.3) is 0 Å². The molecule has 0 aliphatic rings. The molecular weight excluding hydrogens is 296 g/mol. The molecule has 0 saturated carbocycles. The summed E-state index contributed by atoms with van der Waals surface area (Å²) in [5.41, 5.74) is -0.471. The number of hydrogen-bond acceptors (Lipinski definition) is 1. The summed E-state index contributed by atoms with van der Waals surface area (Å²) in [6.45, 7) is 8.74. The minimum Gasteiger partial charge on any atom is -0.481 e. The largest absolute Gasteiger partial charge is 0.481 e. The van der Waals surface area contributed by atoms with Crippen LogP contribution in [0.2, 0.25) is 0 Å². The van der Waals surface area contributed by atoms with Gasteiger partial charge >= 0.3 is 5.97 Å². The van der Waals surface area contributed by atoms with Crippen LogP contribution in [0.1, 0.15) is 124 Å². The van der Waals surface area contributed by atoms with Crippen LogP contribution in [0, 0.1) is 11.3 Å². The molecule has 0 radical (unpaired) electrons. The highest BCUT2D eigenvalue weighted by atomic mass is 16.4. The van der Waals surface area contributed by atoms with Crippen molar-refractivity contribution in [3.63, 3.8) is 0 Å². The molecule has 24 heavy (non-hydrogen) atoms. The van der Waals surface area contributed by atoms with E-state index < -0.39 is 11.4 Å². The first kappa shape index (κ1) is 23.5. The van der Waals surface area contributed by atoms with Crippen molar-refractivity contribution in [2.75, 3.05) is 0 Å². The first-order valence-electron chi connectivity index (χ1n) is 10.8. The number of unbranched alkanes of at least 4 members (excludes halogenated alkanes) is 7. The van der Waals surface area contributed by atoms with Crippen LogP contribution < -0.4 is 0 Å². The molecule has 0 aromatic rings. The first-order chi connectivity index (χ1) is 11.6. The second-order valence-electron chi connectivity index (χ2n) is 7.71. The normalized spacial score (nSPS) is 13.2. The number of aliphatic carboxylic acids is 1. The Morgan fingerprint density at radius 1 is 0.708 bits per heavy atom. The summed E-state index contributed by atoms with van der Waals surface area (Å²) in [7, 11) is 0. The summed E-state index contributed by atoms with van der Waals surface area (Å²) < 4.78 is 0. The summed E-state index contributed by atoms with van der Waals surface area (Å²) in [4.78, 5) is 12.2. The van der Waals surface area contributed by atoms with Crippen molar-refractivity contribution in [1.29, 1.82) is 0 Å². The number of hydrogen-bond donors (Lipinski definition) is 1. The quantitative estimate of drug-likeness (QED) is 0.277. The molecule has 0 heterocycles. The van der Waals surface area contributed by atoms with E-state index in [-0.39, 0.29) is 0 Å². The molecule has 2 heteroatoms. The fourth-order valence-electron chi connectivity index (χ4n) is 4.31. The lowest BCUT2D eigenvalue weighted by atomic mass is 9.65. The summed E-state index contributed by atoms with van der Waals surface area (Å²) in [5, 5.41) is 10.1. The Kier molecular flexibility index (Phi) is 14.5. The van der Waals surface area contributed by atoms with Crippen molar-refractivity contribution in [3.8, 4) is 0 Å². The van der Waals surface area contributed by atoms with Gasteiger partial charge in [-0.1, -0.05) is 98.3 Å². The molecule has 1 atom stereocenters. The van der Waals surface area contributed by atoms with E-state index in [0.29, 0.717) is 5.92 Å². The van der Waals surface area contributed by atoms with E-state index in [4.69, 9.17) is 0 Å². The fraction of sp³-hybridized carbons (Fsp3) is 0.955. The van der Waals surface area contributed by atoms with E-state index in [1.54, 1.807) is 0 Å². The topological polar surface area (TPSA) is 37.3 Å². The molecular formula is C22H44O2. The van der Waals surface area contributed by atoms with Crippen molar-refractivity contribution in [3.05, 3.63) is 0 Å². The van der Waals surface area contributed by atoms with Crippen LogP contribution in [0.3, 0.4) is 0 Å². The Balaban J connectivity index is 4.69. The first-order valence-corrected chi connectivity index (χ1v) is 10.8. The molecule has 1 unspecified atom stereocenters. The number of carboxylic acid groups (broad SMARTS) is 1. The van der Waals surface area contributed by atoms with Gasteiger partial charge in [-0.15, -0.1) is 0 Å². The van der Waals surface area contributed by atoms with E-state index in [9.17, 15) is 9.90 Å². The molecule has 0 fully saturated rings. The third-order valence-corrected chi connectivity index (χ3v) is 5.66. The van der Waals surface area contributed by atoms with E-state index in [2.05, 4.69) is 27.7 Å². The van der Waals surface area contributed by atoms with Gasteiger partial charge in [0.15, 0.2) is 0 Å². The maximum absolute atomic E-state index is 12.2. The summed E-state index contributed by atoms with van der Waals surface area (Å²) in [5.74, 6) is -0.166. The molecule has 2 nitrogen and oxygen atoms in total. The zero-order valence-electron chi connectivity index (χ0n) is 17.0. The van der Waals surface area contributed by atoms with Crippen molar-refractivity contribution in [2.24, 2.45) is 11.3 Å². The Bertz CT molecular complexity index is 292. The number of rotatable bonds is 17. The van der Waals surface area contributed by atoms with E-state index in [0.717, 1.165) is 38.5 Å². The highest BCUT2D eigenvalue weighted by molar-refractivity contribution is 5.75. The molecule has 0 bridgehead atoms. The van der Waals surface area contributed by atoms with E-state index in [1.165, 1.54) is 57.8 Å². The molecule has 0 saturated heterocycles. The van der Waals surface area contributed by atoms with Crippen LogP contribution in [0.25, 0.3) is 0 Å². The van der Waals surface area contributed by atoms with Crippen molar-refractivity contribution < 1.29 is 9.90 Å². The van der Waals surface area contributed by atoms with E-state index >= 15 is 0 Å². The minimum absolute atomic E-state index is 0.366. The Morgan fingerprint density at radius 2 is 1.17 bits per heavy atom. The summed E-state index contributed by atoms with van der Waals surface area (Å²) >= 11 is 0. The van der Waals surface area contributed by atoms with Gasteiger partial charge in [0.05, 0.1) is 5.41 Å². The van der Waals surface area contributed by atoms with Crippen molar-refractivity contribution >= 4 is 5.97 Å².